The van der Waals surface area contributed by atoms with Crippen LogP contribution in [-0.4, -0.2) is 78.2 Å². The van der Waals surface area contributed by atoms with Gasteiger partial charge in [-0.3, -0.25) is 0 Å². The molecular weight excluding hydrogens is 203 g/mol. The van der Waals surface area contributed by atoms with Gasteiger partial charge in [0.25, 0.3) is 0 Å². The SMILES string of the molecule is CCC(CO)NCCNC(CC)CO.[NaH]. The summed E-state index contributed by atoms with van der Waals surface area (Å²) in [6, 6.07) is 0.400. The zero-order valence-electron chi connectivity index (χ0n) is 9.29. The summed E-state index contributed by atoms with van der Waals surface area (Å²) in [4.78, 5) is 0. The van der Waals surface area contributed by atoms with E-state index < -0.39 is 0 Å². The van der Waals surface area contributed by atoms with Crippen LogP contribution in [0.2, 0.25) is 0 Å². The van der Waals surface area contributed by atoms with Gasteiger partial charge in [0, 0.05) is 25.2 Å². The van der Waals surface area contributed by atoms with Crippen LogP contribution in [0, 0.1) is 0 Å². The zero-order chi connectivity index (χ0) is 10.8. The van der Waals surface area contributed by atoms with Gasteiger partial charge in [-0.2, -0.15) is 0 Å². The third-order valence-corrected chi connectivity index (χ3v) is 2.42. The Kier molecular flexibility index (Phi) is 15.7. The first-order valence-corrected chi connectivity index (χ1v) is 5.46. The van der Waals surface area contributed by atoms with E-state index in [1.165, 1.54) is 0 Å². The van der Waals surface area contributed by atoms with Crippen LogP contribution in [0.5, 0.6) is 0 Å². The number of nitrogens with one attached hydrogen (secondary N) is 2. The molecule has 0 aliphatic rings. The van der Waals surface area contributed by atoms with Gasteiger partial charge in [0.05, 0.1) is 13.2 Å². The molecule has 0 saturated carbocycles. The van der Waals surface area contributed by atoms with Gasteiger partial charge in [-0.15, -0.1) is 0 Å². The van der Waals surface area contributed by atoms with Crippen molar-refractivity contribution in [1.29, 1.82) is 0 Å². The average Bonchev–Trinajstić information content (AvgIpc) is 2.24. The fourth-order valence-electron chi connectivity index (χ4n) is 1.23. The van der Waals surface area contributed by atoms with Gasteiger partial charge in [-0.1, -0.05) is 13.8 Å². The molecule has 0 aliphatic carbocycles. The van der Waals surface area contributed by atoms with Crippen LogP contribution in [0.25, 0.3) is 0 Å². The summed E-state index contributed by atoms with van der Waals surface area (Å²) >= 11 is 0. The second kappa shape index (κ2) is 12.9. The third kappa shape index (κ3) is 9.75. The normalized spacial score (nSPS) is 14.4. The topological polar surface area (TPSA) is 64.5 Å². The third-order valence-electron chi connectivity index (χ3n) is 2.42. The van der Waals surface area contributed by atoms with Gasteiger partial charge in [0.15, 0.2) is 0 Å². The van der Waals surface area contributed by atoms with Gasteiger partial charge in [-0.05, 0) is 12.8 Å². The number of rotatable bonds is 9. The van der Waals surface area contributed by atoms with Gasteiger partial charge in [-0.25, -0.2) is 0 Å². The van der Waals surface area contributed by atoms with Crippen molar-refractivity contribution in [3.63, 3.8) is 0 Å². The quantitative estimate of drug-likeness (QED) is 0.304. The van der Waals surface area contributed by atoms with Crippen molar-refractivity contribution >= 4 is 29.6 Å². The zero-order valence-corrected chi connectivity index (χ0v) is 9.29. The molecule has 0 saturated heterocycles. The minimum absolute atomic E-state index is 0. The molecule has 5 heteroatoms. The van der Waals surface area contributed by atoms with Gasteiger partial charge < -0.3 is 20.8 Å². The van der Waals surface area contributed by atoms with Crippen LogP contribution < -0.4 is 10.6 Å². The first-order valence-electron chi connectivity index (χ1n) is 5.46. The van der Waals surface area contributed by atoms with Crippen LogP contribution in [0.4, 0.5) is 0 Å². The first kappa shape index (κ1) is 18.2. The summed E-state index contributed by atoms with van der Waals surface area (Å²) in [5.74, 6) is 0. The van der Waals surface area contributed by atoms with Crippen LogP contribution >= 0.6 is 0 Å². The van der Waals surface area contributed by atoms with Crippen molar-refractivity contribution in [2.45, 2.75) is 38.8 Å². The van der Waals surface area contributed by atoms with Crippen molar-refractivity contribution in [2.75, 3.05) is 26.3 Å². The van der Waals surface area contributed by atoms with E-state index in [9.17, 15) is 0 Å². The number of aliphatic hydroxyl groups excluding tert-OH is 2. The van der Waals surface area contributed by atoms with Crippen LogP contribution in [0.15, 0.2) is 0 Å². The molecule has 0 aromatic heterocycles. The molecule has 0 radical (unpaired) electrons. The molecule has 88 valence electrons. The molecule has 2 atom stereocenters. The Morgan fingerprint density at radius 2 is 1.20 bits per heavy atom. The molecule has 0 rings (SSSR count). The fraction of sp³-hybridized carbons (Fsp3) is 1.00. The van der Waals surface area contributed by atoms with E-state index in [2.05, 4.69) is 10.6 Å². The summed E-state index contributed by atoms with van der Waals surface area (Å²) in [6.45, 7) is 6.13. The van der Waals surface area contributed by atoms with E-state index in [0.29, 0.717) is 0 Å². The van der Waals surface area contributed by atoms with Crippen molar-refractivity contribution < 1.29 is 10.2 Å². The molecule has 0 aromatic carbocycles. The standard InChI is InChI=1S/C10H24N2O2.Na.H/c1-3-9(7-13)11-5-6-12-10(4-2)8-14;;/h9-14H,3-8H2,1-2H3;;. The van der Waals surface area contributed by atoms with Crippen molar-refractivity contribution in [1.82, 2.24) is 10.6 Å². The van der Waals surface area contributed by atoms with Crippen molar-refractivity contribution in [3.05, 3.63) is 0 Å². The second-order valence-electron chi connectivity index (χ2n) is 3.48. The van der Waals surface area contributed by atoms with E-state index in [4.69, 9.17) is 10.2 Å². The summed E-state index contributed by atoms with van der Waals surface area (Å²) in [7, 11) is 0. The Hall–Kier alpha value is 0.840. The maximum absolute atomic E-state index is 8.90. The molecule has 0 heterocycles. The average molecular weight is 228 g/mol. The monoisotopic (exact) mass is 228 g/mol. The summed E-state index contributed by atoms with van der Waals surface area (Å²) in [5.41, 5.74) is 0. The van der Waals surface area contributed by atoms with Crippen molar-refractivity contribution in [3.8, 4) is 0 Å². The summed E-state index contributed by atoms with van der Waals surface area (Å²) in [6.07, 6.45) is 1.88. The maximum atomic E-state index is 8.90. The molecule has 0 amide bonds. The molecule has 0 aliphatic heterocycles. The van der Waals surface area contributed by atoms with Gasteiger partial charge in [0.1, 0.15) is 0 Å². The second-order valence-corrected chi connectivity index (χ2v) is 3.48. The molecule has 0 bridgehead atoms. The predicted molar refractivity (Wildman–Crippen MR) is 65.5 cm³/mol. The molecule has 4 nitrogen and oxygen atoms in total. The predicted octanol–water partition coefficient (Wildman–Crippen LogP) is -0.941. The molecule has 2 unspecified atom stereocenters. The molecule has 0 fully saturated rings. The van der Waals surface area contributed by atoms with Crippen LogP contribution in [-0.2, 0) is 0 Å². The van der Waals surface area contributed by atoms with Crippen molar-refractivity contribution in [2.24, 2.45) is 0 Å². The molecule has 15 heavy (non-hydrogen) atoms. The summed E-state index contributed by atoms with van der Waals surface area (Å²) in [5, 5.41) is 24.3. The number of hydrogen-bond donors (Lipinski definition) is 4. The summed E-state index contributed by atoms with van der Waals surface area (Å²) < 4.78 is 0. The molecule has 4 N–H and O–H groups in total. The Labute approximate surface area is 115 Å². The van der Waals surface area contributed by atoms with Crippen LogP contribution in [0.3, 0.4) is 0 Å². The van der Waals surface area contributed by atoms with Gasteiger partial charge >= 0.3 is 29.6 Å². The Bertz CT molecular complexity index is 106. The molecule has 0 aromatic rings. The van der Waals surface area contributed by atoms with E-state index in [1.807, 2.05) is 13.8 Å². The first-order chi connectivity index (χ1) is 6.78. The Balaban J connectivity index is 0. The van der Waals surface area contributed by atoms with E-state index in [-0.39, 0.29) is 54.9 Å². The van der Waals surface area contributed by atoms with Crippen LogP contribution in [0.1, 0.15) is 26.7 Å². The molecule has 0 spiro atoms. The fourth-order valence-corrected chi connectivity index (χ4v) is 1.23. The van der Waals surface area contributed by atoms with E-state index >= 15 is 0 Å². The van der Waals surface area contributed by atoms with E-state index in [0.717, 1.165) is 25.9 Å². The molecular formula is C10H25N2NaO2. The Morgan fingerprint density at radius 3 is 1.40 bits per heavy atom. The number of aliphatic hydroxyl groups is 2. The van der Waals surface area contributed by atoms with Gasteiger partial charge in [0.2, 0.25) is 0 Å². The number of hydrogen-bond acceptors (Lipinski definition) is 4. The minimum atomic E-state index is 0. The Morgan fingerprint density at radius 1 is 0.867 bits per heavy atom. The van der Waals surface area contributed by atoms with E-state index in [1.54, 1.807) is 0 Å².